The first-order valence-corrected chi connectivity index (χ1v) is 9.73. The molecule has 1 spiro atoms. The van der Waals surface area contributed by atoms with Crippen molar-refractivity contribution in [3.63, 3.8) is 0 Å². The first-order chi connectivity index (χ1) is 12.2. The van der Waals surface area contributed by atoms with Gasteiger partial charge in [0.2, 0.25) is 0 Å². The Morgan fingerprint density at radius 2 is 1.92 bits per heavy atom. The SMILES string of the molecule is O=C1OCCN1c1ccc2c(c1)CCC1(CCN(C3CCC3)CC1)O2. The van der Waals surface area contributed by atoms with Crippen LogP contribution in [-0.4, -0.2) is 48.9 Å². The lowest BCUT2D eigenvalue weighted by Gasteiger charge is -2.48. The van der Waals surface area contributed by atoms with E-state index < -0.39 is 0 Å². The number of carbonyl (C=O) groups is 1. The minimum atomic E-state index is -0.239. The highest BCUT2D eigenvalue weighted by Gasteiger charge is 2.41. The molecule has 0 bridgehead atoms. The van der Waals surface area contributed by atoms with Gasteiger partial charge in [0, 0.05) is 24.8 Å². The highest BCUT2D eigenvalue weighted by molar-refractivity contribution is 5.89. The van der Waals surface area contributed by atoms with E-state index in [1.807, 2.05) is 6.07 Å². The number of likely N-dealkylation sites (tertiary alicyclic amines) is 1. The lowest BCUT2D eigenvalue weighted by molar-refractivity contribution is -0.0336. The molecule has 3 heterocycles. The van der Waals surface area contributed by atoms with Crippen molar-refractivity contribution in [1.29, 1.82) is 0 Å². The number of amides is 1. The van der Waals surface area contributed by atoms with E-state index in [2.05, 4.69) is 17.0 Å². The molecule has 1 amide bonds. The molecule has 0 aromatic heterocycles. The van der Waals surface area contributed by atoms with Crippen LogP contribution >= 0.6 is 0 Å². The Hall–Kier alpha value is -1.75. The molecule has 5 heteroatoms. The molecule has 5 nitrogen and oxygen atoms in total. The van der Waals surface area contributed by atoms with Gasteiger partial charge < -0.3 is 14.4 Å². The van der Waals surface area contributed by atoms with Crippen LogP contribution in [0.1, 0.15) is 44.1 Å². The van der Waals surface area contributed by atoms with Crippen LogP contribution in [0.5, 0.6) is 5.75 Å². The fraction of sp³-hybridized carbons (Fsp3) is 0.650. The Kier molecular flexibility index (Phi) is 3.66. The number of benzene rings is 1. The van der Waals surface area contributed by atoms with Crippen molar-refractivity contribution in [2.45, 2.75) is 56.6 Å². The number of fused-ring (bicyclic) bond motifs is 1. The van der Waals surface area contributed by atoms with E-state index in [1.54, 1.807) is 4.90 Å². The third-order valence-electron chi connectivity index (χ3n) is 6.59. The topological polar surface area (TPSA) is 42.0 Å². The quantitative estimate of drug-likeness (QED) is 0.826. The number of hydrogen-bond donors (Lipinski definition) is 0. The Labute approximate surface area is 148 Å². The average molecular weight is 342 g/mol. The third-order valence-corrected chi connectivity index (χ3v) is 6.59. The Bertz CT molecular complexity index is 678. The Morgan fingerprint density at radius 3 is 2.60 bits per heavy atom. The molecule has 1 saturated carbocycles. The number of cyclic esters (lactones) is 1. The lowest BCUT2D eigenvalue weighted by atomic mass is 9.81. The molecule has 25 heavy (non-hydrogen) atoms. The summed E-state index contributed by atoms with van der Waals surface area (Å²) in [5.41, 5.74) is 2.19. The summed E-state index contributed by atoms with van der Waals surface area (Å²) in [5, 5.41) is 0. The van der Waals surface area contributed by atoms with Gasteiger partial charge in [0.1, 0.15) is 18.0 Å². The number of anilines is 1. The number of nitrogens with zero attached hydrogens (tertiary/aromatic N) is 2. The zero-order chi connectivity index (χ0) is 16.9. The van der Waals surface area contributed by atoms with E-state index in [0.717, 1.165) is 43.2 Å². The fourth-order valence-corrected chi connectivity index (χ4v) is 4.70. The van der Waals surface area contributed by atoms with E-state index in [4.69, 9.17) is 9.47 Å². The number of hydrogen-bond acceptors (Lipinski definition) is 4. The van der Waals surface area contributed by atoms with Crippen molar-refractivity contribution >= 4 is 11.8 Å². The maximum atomic E-state index is 11.8. The van der Waals surface area contributed by atoms with E-state index >= 15 is 0 Å². The van der Waals surface area contributed by atoms with Gasteiger partial charge in [-0.3, -0.25) is 4.90 Å². The maximum absolute atomic E-state index is 11.8. The Balaban J connectivity index is 1.29. The van der Waals surface area contributed by atoms with Crippen molar-refractivity contribution in [3.8, 4) is 5.75 Å². The summed E-state index contributed by atoms with van der Waals surface area (Å²) in [6.45, 7) is 3.47. The van der Waals surface area contributed by atoms with Gasteiger partial charge in [0.15, 0.2) is 0 Å². The predicted molar refractivity (Wildman–Crippen MR) is 95.3 cm³/mol. The summed E-state index contributed by atoms with van der Waals surface area (Å²) in [6, 6.07) is 7.00. The molecule has 0 N–H and O–H groups in total. The number of carbonyl (C=O) groups excluding carboxylic acids is 1. The summed E-state index contributed by atoms with van der Waals surface area (Å²) in [5.74, 6) is 1.01. The zero-order valence-corrected chi connectivity index (χ0v) is 14.7. The molecule has 1 aromatic rings. The summed E-state index contributed by atoms with van der Waals surface area (Å²) in [7, 11) is 0. The highest BCUT2D eigenvalue weighted by Crippen LogP contribution is 2.42. The third kappa shape index (κ3) is 2.69. The summed E-state index contributed by atoms with van der Waals surface area (Å²) >= 11 is 0. The van der Waals surface area contributed by atoms with Crippen LogP contribution < -0.4 is 9.64 Å². The molecule has 1 aromatic carbocycles. The van der Waals surface area contributed by atoms with Crippen LogP contribution in [0.4, 0.5) is 10.5 Å². The monoisotopic (exact) mass is 342 g/mol. The molecule has 0 radical (unpaired) electrons. The molecule has 5 rings (SSSR count). The summed E-state index contributed by atoms with van der Waals surface area (Å²) in [4.78, 5) is 16.2. The molecule has 1 aliphatic carbocycles. The van der Waals surface area contributed by atoms with E-state index in [9.17, 15) is 4.79 Å². The van der Waals surface area contributed by atoms with Crippen LogP contribution in [0, 0.1) is 0 Å². The van der Waals surface area contributed by atoms with Crippen LogP contribution in [0.3, 0.4) is 0 Å². The van der Waals surface area contributed by atoms with E-state index in [1.165, 1.54) is 37.9 Å². The smallest absolute Gasteiger partial charge is 0.414 e. The van der Waals surface area contributed by atoms with Gasteiger partial charge in [-0.25, -0.2) is 4.79 Å². The lowest BCUT2D eigenvalue weighted by Crippen LogP contribution is -2.53. The van der Waals surface area contributed by atoms with Crippen molar-refractivity contribution in [3.05, 3.63) is 23.8 Å². The van der Waals surface area contributed by atoms with Gasteiger partial charge >= 0.3 is 6.09 Å². The number of rotatable bonds is 2. The van der Waals surface area contributed by atoms with E-state index in [0.29, 0.717) is 13.2 Å². The molecular weight excluding hydrogens is 316 g/mol. The van der Waals surface area contributed by atoms with Gasteiger partial charge in [0.05, 0.1) is 6.54 Å². The molecule has 3 aliphatic heterocycles. The molecule has 4 aliphatic rings. The second kappa shape index (κ2) is 5.90. The second-order valence-corrected chi connectivity index (χ2v) is 7.96. The standard InChI is InChI=1S/C20H26N2O3/c23-19-22(12-13-24-19)17-4-5-18-15(14-17)6-7-20(25-18)8-10-21(11-9-20)16-2-1-3-16/h4-5,14,16H,1-3,6-13H2. The van der Waals surface area contributed by atoms with E-state index in [-0.39, 0.29) is 11.7 Å². The van der Waals surface area contributed by atoms with Crippen molar-refractivity contribution < 1.29 is 14.3 Å². The van der Waals surface area contributed by atoms with Crippen molar-refractivity contribution in [1.82, 2.24) is 4.90 Å². The second-order valence-electron chi connectivity index (χ2n) is 7.96. The summed E-state index contributed by atoms with van der Waals surface area (Å²) in [6.07, 6.45) is 8.35. The van der Waals surface area contributed by atoms with Crippen LogP contribution in [0.15, 0.2) is 18.2 Å². The molecule has 3 fully saturated rings. The largest absolute Gasteiger partial charge is 0.487 e. The van der Waals surface area contributed by atoms with Gasteiger partial charge in [-0.2, -0.15) is 0 Å². The molecule has 134 valence electrons. The number of aryl methyl sites for hydroxylation is 1. The van der Waals surface area contributed by atoms with Crippen molar-refractivity contribution in [2.75, 3.05) is 31.1 Å². The fourth-order valence-electron chi connectivity index (χ4n) is 4.70. The summed E-state index contributed by atoms with van der Waals surface area (Å²) < 4.78 is 11.6. The van der Waals surface area contributed by atoms with Gasteiger partial charge in [0.25, 0.3) is 0 Å². The normalized spacial score (nSPS) is 26.1. The first kappa shape index (κ1) is 15.5. The highest BCUT2D eigenvalue weighted by atomic mass is 16.6. The zero-order valence-electron chi connectivity index (χ0n) is 14.7. The number of piperidine rings is 1. The minimum Gasteiger partial charge on any atom is -0.487 e. The maximum Gasteiger partial charge on any atom is 0.414 e. The van der Waals surface area contributed by atoms with Crippen LogP contribution in [-0.2, 0) is 11.2 Å². The van der Waals surface area contributed by atoms with Gasteiger partial charge in [-0.1, -0.05) is 6.42 Å². The van der Waals surface area contributed by atoms with Gasteiger partial charge in [-0.05, 0) is 62.3 Å². The Morgan fingerprint density at radius 1 is 1.08 bits per heavy atom. The van der Waals surface area contributed by atoms with Crippen LogP contribution in [0.25, 0.3) is 0 Å². The first-order valence-electron chi connectivity index (χ1n) is 9.73. The molecule has 0 atom stereocenters. The van der Waals surface area contributed by atoms with Gasteiger partial charge in [-0.15, -0.1) is 0 Å². The minimum absolute atomic E-state index is 0.0291. The average Bonchev–Trinajstić information content (AvgIpc) is 3.01. The molecule has 0 unspecified atom stereocenters. The molecular formula is C20H26N2O3. The number of ether oxygens (including phenoxy) is 2. The van der Waals surface area contributed by atoms with Crippen molar-refractivity contribution in [2.24, 2.45) is 0 Å². The predicted octanol–water partition coefficient (Wildman–Crippen LogP) is 3.36. The molecule has 2 saturated heterocycles. The van der Waals surface area contributed by atoms with Crippen LogP contribution in [0.2, 0.25) is 0 Å².